The lowest BCUT2D eigenvalue weighted by Crippen LogP contribution is -2.16. The number of nitrogens with one attached hydrogen (secondary N) is 2. The number of hydrogen-bond acceptors (Lipinski definition) is 4. The van der Waals surface area contributed by atoms with Gasteiger partial charge in [0, 0.05) is 27.5 Å². The number of amides is 1. The van der Waals surface area contributed by atoms with E-state index in [2.05, 4.69) is 26.0 Å². The van der Waals surface area contributed by atoms with Crippen molar-refractivity contribution in [3.05, 3.63) is 82.3 Å². The average molecular weight is 497 g/mol. The lowest BCUT2D eigenvalue weighted by Gasteiger charge is -2.14. The molecule has 3 aromatic rings. The van der Waals surface area contributed by atoms with E-state index in [9.17, 15) is 22.0 Å². The Morgan fingerprint density at radius 2 is 1.53 bits per heavy atom. The molecule has 0 unspecified atom stereocenters. The Kier molecular flexibility index (Phi) is 6.37. The molecule has 0 heterocycles. The van der Waals surface area contributed by atoms with Gasteiger partial charge >= 0.3 is 0 Å². The number of carbonyl (C=O) groups is 1. The molecule has 0 saturated carbocycles. The van der Waals surface area contributed by atoms with Crippen molar-refractivity contribution in [1.29, 1.82) is 0 Å². The number of anilines is 2. The second-order valence-electron chi connectivity index (χ2n) is 6.09. The third-order valence-electron chi connectivity index (χ3n) is 3.93. The molecule has 156 valence electrons. The van der Waals surface area contributed by atoms with Crippen LogP contribution in [0.5, 0.6) is 5.75 Å². The maximum absolute atomic E-state index is 13.4. The number of ether oxygens (including phenoxy) is 1. The molecule has 10 heteroatoms. The van der Waals surface area contributed by atoms with Gasteiger partial charge in [-0.1, -0.05) is 15.9 Å². The number of carbonyl (C=O) groups excluding carboxylic acids is 1. The molecular formula is C20H15BrF2N2O4S. The van der Waals surface area contributed by atoms with Crippen LogP contribution in [-0.4, -0.2) is 21.4 Å². The van der Waals surface area contributed by atoms with Crippen LogP contribution in [0, 0.1) is 11.6 Å². The highest BCUT2D eigenvalue weighted by Gasteiger charge is 2.21. The van der Waals surface area contributed by atoms with Crippen molar-refractivity contribution in [1.82, 2.24) is 0 Å². The molecule has 0 atom stereocenters. The maximum atomic E-state index is 13.4. The standard InChI is InChI=1S/C20H15BrF2N2O4S/c1-29-18-7-6-17(24-20(26)12-8-14(22)10-15(23)9-12)11-19(18)30(27,28)25-16-4-2-13(21)3-5-16/h2-11,25H,1H3,(H,24,26). The molecule has 3 aromatic carbocycles. The van der Waals surface area contributed by atoms with Gasteiger partial charge in [0.25, 0.3) is 15.9 Å². The first kappa shape index (κ1) is 21.7. The van der Waals surface area contributed by atoms with Crippen molar-refractivity contribution in [2.24, 2.45) is 0 Å². The van der Waals surface area contributed by atoms with Crippen LogP contribution < -0.4 is 14.8 Å². The zero-order valence-corrected chi connectivity index (χ0v) is 17.9. The molecule has 0 bridgehead atoms. The molecule has 3 rings (SSSR count). The highest BCUT2D eigenvalue weighted by atomic mass is 79.9. The van der Waals surface area contributed by atoms with E-state index in [4.69, 9.17) is 4.74 Å². The second kappa shape index (κ2) is 8.80. The van der Waals surface area contributed by atoms with Crippen molar-refractivity contribution in [2.75, 3.05) is 17.1 Å². The molecular weight excluding hydrogens is 482 g/mol. The summed E-state index contributed by atoms with van der Waals surface area (Å²) in [5.41, 5.74) is 0.173. The zero-order chi connectivity index (χ0) is 21.9. The number of sulfonamides is 1. The van der Waals surface area contributed by atoms with Gasteiger partial charge in [0.2, 0.25) is 0 Å². The minimum absolute atomic E-state index is 0.0504. The SMILES string of the molecule is COc1ccc(NC(=O)c2cc(F)cc(F)c2)cc1S(=O)(=O)Nc1ccc(Br)cc1. The van der Waals surface area contributed by atoms with Gasteiger partial charge in [-0.3, -0.25) is 9.52 Å². The van der Waals surface area contributed by atoms with Crippen LogP contribution in [0.4, 0.5) is 20.2 Å². The summed E-state index contributed by atoms with van der Waals surface area (Å²) in [4.78, 5) is 12.1. The zero-order valence-electron chi connectivity index (χ0n) is 15.4. The molecule has 0 aromatic heterocycles. The second-order valence-corrected chi connectivity index (χ2v) is 8.66. The van der Waals surface area contributed by atoms with Crippen molar-refractivity contribution in [3.63, 3.8) is 0 Å². The van der Waals surface area contributed by atoms with Gasteiger partial charge < -0.3 is 10.1 Å². The van der Waals surface area contributed by atoms with Gasteiger partial charge in [-0.2, -0.15) is 0 Å². The molecule has 2 N–H and O–H groups in total. The predicted octanol–water partition coefficient (Wildman–Crippen LogP) is 4.79. The van der Waals surface area contributed by atoms with Crippen LogP contribution >= 0.6 is 15.9 Å². The van der Waals surface area contributed by atoms with Crippen LogP contribution in [0.1, 0.15) is 10.4 Å². The summed E-state index contributed by atoms with van der Waals surface area (Å²) < 4.78 is 60.7. The first-order valence-electron chi connectivity index (χ1n) is 8.42. The van der Waals surface area contributed by atoms with Gasteiger partial charge in [-0.05, 0) is 54.6 Å². The van der Waals surface area contributed by atoms with Gasteiger partial charge in [-0.25, -0.2) is 17.2 Å². The van der Waals surface area contributed by atoms with Gasteiger partial charge in [0.1, 0.15) is 22.3 Å². The van der Waals surface area contributed by atoms with Crippen LogP contribution in [0.25, 0.3) is 0 Å². The first-order valence-corrected chi connectivity index (χ1v) is 10.7. The molecule has 0 aliphatic carbocycles. The molecule has 0 aliphatic heterocycles. The van der Waals surface area contributed by atoms with Crippen LogP contribution in [0.2, 0.25) is 0 Å². The molecule has 0 saturated heterocycles. The molecule has 0 radical (unpaired) electrons. The first-order chi connectivity index (χ1) is 14.2. The van der Waals surface area contributed by atoms with Crippen LogP contribution in [0.15, 0.2) is 70.0 Å². The fraction of sp³-hybridized carbons (Fsp3) is 0.0500. The Labute approximate surface area is 180 Å². The number of benzene rings is 3. The van der Waals surface area contributed by atoms with Gasteiger partial charge in [0.15, 0.2) is 0 Å². The molecule has 0 spiro atoms. The minimum Gasteiger partial charge on any atom is -0.495 e. The topological polar surface area (TPSA) is 84.5 Å². The van der Waals surface area contributed by atoms with Crippen molar-refractivity contribution in [3.8, 4) is 5.75 Å². The lowest BCUT2D eigenvalue weighted by atomic mass is 10.2. The Balaban J connectivity index is 1.91. The fourth-order valence-electron chi connectivity index (χ4n) is 2.58. The number of methoxy groups -OCH3 is 1. The number of rotatable bonds is 6. The van der Waals surface area contributed by atoms with Crippen molar-refractivity contribution < 1.29 is 26.7 Å². The van der Waals surface area contributed by atoms with Crippen molar-refractivity contribution in [2.45, 2.75) is 4.90 Å². The van der Waals surface area contributed by atoms with E-state index in [0.717, 1.165) is 16.6 Å². The van der Waals surface area contributed by atoms with E-state index in [0.29, 0.717) is 11.8 Å². The molecule has 0 fully saturated rings. The predicted molar refractivity (Wildman–Crippen MR) is 112 cm³/mol. The Morgan fingerprint density at radius 3 is 2.13 bits per heavy atom. The summed E-state index contributed by atoms with van der Waals surface area (Å²) in [6.45, 7) is 0. The third-order valence-corrected chi connectivity index (χ3v) is 5.86. The highest BCUT2D eigenvalue weighted by molar-refractivity contribution is 9.10. The normalized spacial score (nSPS) is 11.1. The monoisotopic (exact) mass is 496 g/mol. The molecule has 1 amide bonds. The van der Waals surface area contributed by atoms with E-state index in [1.165, 1.54) is 25.3 Å². The largest absolute Gasteiger partial charge is 0.495 e. The summed E-state index contributed by atoms with van der Waals surface area (Å²) in [5, 5.41) is 2.42. The molecule has 0 aliphatic rings. The van der Waals surface area contributed by atoms with E-state index < -0.39 is 27.6 Å². The summed E-state index contributed by atoms with van der Waals surface area (Å²) >= 11 is 3.27. The fourth-order valence-corrected chi connectivity index (χ4v) is 4.10. The third kappa shape index (κ3) is 5.14. The van der Waals surface area contributed by atoms with Gasteiger partial charge in [0.05, 0.1) is 7.11 Å². The quantitative estimate of drug-likeness (QED) is 0.513. The smallest absolute Gasteiger partial charge is 0.265 e. The van der Waals surface area contributed by atoms with E-state index in [1.54, 1.807) is 24.3 Å². The number of halogens is 3. The number of hydrogen-bond donors (Lipinski definition) is 2. The summed E-state index contributed by atoms with van der Waals surface area (Å²) in [5.74, 6) is -2.56. The van der Waals surface area contributed by atoms with E-state index in [-0.39, 0.29) is 21.9 Å². The van der Waals surface area contributed by atoms with Gasteiger partial charge in [-0.15, -0.1) is 0 Å². The highest BCUT2D eigenvalue weighted by Crippen LogP contribution is 2.29. The minimum atomic E-state index is -4.07. The lowest BCUT2D eigenvalue weighted by molar-refractivity contribution is 0.102. The van der Waals surface area contributed by atoms with Crippen LogP contribution in [0.3, 0.4) is 0 Å². The Hall–Kier alpha value is -2.98. The Morgan fingerprint density at radius 1 is 0.933 bits per heavy atom. The summed E-state index contributed by atoms with van der Waals surface area (Å²) in [7, 11) is -2.76. The van der Waals surface area contributed by atoms with E-state index in [1.807, 2.05) is 0 Å². The van der Waals surface area contributed by atoms with Crippen molar-refractivity contribution >= 4 is 43.2 Å². The van der Waals surface area contributed by atoms with Crippen LogP contribution in [-0.2, 0) is 10.0 Å². The molecule has 30 heavy (non-hydrogen) atoms. The maximum Gasteiger partial charge on any atom is 0.265 e. The average Bonchev–Trinajstić information content (AvgIpc) is 2.69. The summed E-state index contributed by atoms with van der Waals surface area (Å²) in [6, 6.07) is 12.8. The summed E-state index contributed by atoms with van der Waals surface area (Å²) in [6.07, 6.45) is 0. The van der Waals surface area contributed by atoms with E-state index >= 15 is 0 Å². The Bertz CT molecular complexity index is 1180. The molecule has 6 nitrogen and oxygen atoms in total.